The van der Waals surface area contributed by atoms with E-state index in [9.17, 15) is 4.39 Å². The van der Waals surface area contributed by atoms with Crippen LogP contribution in [0, 0.1) is 5.82 Å². The molecule has 0 spiro atoms. The summed E-state index contributed by atoms with van der Waals surface area (Å²) in [5, 5.41) is 4.20. The van der Waals surface area contributed by atoms with Crippen molar-refractivity contribution in [1.29, 1.82) is 0 Å². The van der Waals surface area contributed by atoms with Crippen LogP contribution in [0.4, 0.5) is 4.39 Å². The monoisotopic (exact) mass is 261 g/mol. The number of benzene rings is 1. The summed E-state index contributed by atoms with van der Waals surface area (Å²) in [7, 11) is 0. The van der Waals surface area contributed by atoms with E-state index in [-0.39, 0.29) is 11.4 Å². The van der Waals surface area contributed by atoms with Gasteiger partial charge in [-0.05, 0) is 51.9 Å². The maximum atomic E-state index is 13.4. The van der Waals surface area contributed by atoms with Crippen LogP contribution in [-0.2, 0) is 0 Å². The summed E-state index contributed by atoms with van der Waals surface area (Å²) in [6.45, 7) is 7.32. The van der Waals surface area contributed by atoms with Crippen molar-refractivity contribution < 1.29 is 8.81 Å². The number of rotatable bonds is 4. The van der Waals surface area contributed by atoms with Gasteiger partial charge in [0.15, 0.2) is 11.4 Å². The van der Waals surface area contributed by atoms with E-state index in [2.05, 4.69) is 26.1 Å². The van der Waals surface area contributed by atoms with Gasteiger partial charge in [-0.25, -0.2) is 4.39 Å². The minimum absolute atomic E-state index is 0.135. The number of hydrogen-bond acceptors (Lipinski definition) is 2. The van der Waals surface area contributed by atoms with Gasteiger partial charge in [0.1, 0.15) is 5.76 Å². The molecule has 0 bridgehead atoms. The van der Waals surface area contributed by atoms with Gasteiger partial charge in [0.05, 0.1) is 0 Å². The summed E-state index contributed by atoms with van der Waals surface area (Å²) in [5.74, 6) is 0.377. The number of hydrogen-bond donors (Lipinski definition) is 1. The molecule has 2 aromatic rings. The fourth-order valence-corrected chi connectivity index (χ4v) is 1.86. The molecule has 0 aliphatic heterocycles. The number of halogens is 1. The Morgan fingerprint density at radius 3 is 2.79 bits per heavy atom. The molecule has 1 N–H and O–H groups in total. The summed E-state index contributed by atoms with van der Waals surface area (Å²) in [4.78, 5) is 0. The van der Waals surface area contributed by atoms with Gasteiger partial charge in [-0.2, -0.15) is 0 Å². The van der Waals surface area contributed by atoms with Crippen LogP contribution in [0.3, 0.4) is 0 Å². The smallest absolute Gasteiger partial charge is 0.170 e. The third kappa shape index (κ3) is 3.93. The first-order valence-electron chi connectivity index (χ1n) is 6.55. The molecule has 2 rings (SSSR count). The van der Waals surface area contributed by atoms with Crippen molar-refractivity contribution in [3.05, 3.63) is 41.9 Å². The Labute approximate surface area is 113 Å². The largest absolute Gasteiger partial charge is 0.454 e. The van der Waals surface area contributed by atoms with Crippen LogP contribution in [0.15, 0.2) is 34.8 Å². The molecule has 0 unspecified atom stereocenters. The first kappa shape index (κ1) is 13.8. The molecule has 1 aromatic heterocycles. The van der Waals surface area contributed by atoms with Crippen LogP contribution in [0.2, 0.25) is 0 Å². The fraction of sp³-hybridized carbons (Fsp3) is 0.375. The van der Waals surface area contributed by atoms with Crippen LogP contribution >= 0.6 is 0 Å². The number of fused-ring (bicyclic) bond motifs is 1. The van der Waals surface area contributed by atoms with Gasteiger partial charge in [-0.15, -0.1) is 0 Å². The Kier molecular flexibility index (Phi) is 4.05. The van der Waals surface area contributed by atoms with Crippen molar-refractivity contribution in [2.75, 3.05) is 6.54 Å². The van der Waals surface area contributed by atoms with Crippen LogP contribution in [0.1, 0.15) is 33.0 Å². The van der Waals surface area contributed by atoms with E-state index in [4.69, 9.17) is 4.42 Å². The summed E-state index contributed by atoms with van der Waals surface area (Å²) in [5.41, 5.74) is 0.464. The molecule has 19 heavy (non-hydrogen) atoms. The van der Waals surface area contributed by atoms with Crippen LogP contribution in [0.25, 0.3) is 17.0 Å². The standard InChI is InChI=1S/C16H20FNO/c1-16(2,3)18-10-5-4-8-13-11-12-7-6-9-14(17)15(12)19-13/h4,6-9,11,18H,5,10H2,1-3H3/b8-4+. The summed E-state index contributed by atoms with van der Waals surface area (Å²) in [6.07, 6.45) is 4.84. The van der Waals surface area contributed by atoms with Gasteiger partial charge in [0.25, 0.3) is 0 Å². The lowest BCUT2D eigenvalue weighted by Gasteiger charge is -2.19. The zero-order valence-corrected chi connectivity index (χ0v) is 11.7. The Balaban J connectivity index is 1.96. The van der Waals surface area contributed by atoms with Crippen molar-refractivity contribution in [1.82, 2.24) is 5.32 Å². The van der Waals surface area contributed by atoms with Crippen molar-refractivity contribution in [2.24, 2.45) is 0 Å². The molecular weight excluding hydrogens is 241 g/mol. The quantitative estimate of drug-likeness (QED) is 0.827. The molecule has 0 radical (unpaired) electrons. The molecule has 3 heteroatoms. The van der Waals surface area contributed by atoms with Gasteiger partial charge >= 0.3 is 0 Å². The summed E-state index contributed by atoms with van der Waals surface area (Å²) in [6, 6.07) is 6.80. The summed E-state index contributed by atoms with van der Waals surface area (Å²) < 4.78 is 18.9. The van der Waals surface area contributed by atoms with Gasteiger partial charge in [-0.3, -0.25) is 0 Å². The normalized spacial score (nSPS) is 12.6. The Morgan fingerprint density at radius 2 is 2.11 bits per heavy atom. The van der Waals surface area contributed by atoms with Crippen molar-refractivity contribution in [2.45, 2.75) is 32.7 Å². The second-order valence-corrected chi connectivity index (χ2v) is 5.67. The third-order valence-electron chi connectivity index (χ3n) is 2.76. The van der Waals surface area contributed by atoms with Crippen LogP contribution in [-0.4, -0.2) is 12.1 Å². The molecule has 0 saturated carbocycles. The van der Waals surface area contributed by atoms with Gasteiger partial charge < -0.3 is 9.73 Å². The van der Waals surface area contributed by atoms with Crippen molar-refractivity contribution in [3.63, 3.8) is 0 Å². The Morgan fingerprint density at radius 1 is 1.32 bits per heavy atom. The molecule has 1 heterocycles. The second kappa shape index (κ2) is 5.57. The highest BCUT2D eigenvalue weighted by Crippen LogP contribution is 2.22. The molecule has 0 aliphatic rings. The van der Waals surface area contributed by atoms with E-state index >= 15 is 0 Å². The van der Waals surface area contributed by atoms with E-state index in [1.54, 1.807) is 6.07 Å². The van der Waals surface area contributed by atoms with Crippen molar-refractivity contribution in [3.8, 4) is 0 Å². The Hall–Kier alpha value is -1.61. The third-order valence-corrected chi connectivity index (χ3v) is 2.76. The molecule has 0 aliphatic carbocycles. The van der Waals surface area contributed by atoms with Gasteiger partial charge in [0, 0.05) is 10.9 Å². The molecule has 0 saturated heterocycles. The van der Waals surface area contributed by atoms with Gasteiger partial charge in [0.2, 0.25) is 0 Å². The highest BCUT2D eigenvalue weighted by Gasteiger charge is 2.07. The molecule has 1 aromatic carbocycles. The lowest BCUT2D eigenvalue weighted by Crippen LogP contribution is -2.36. The first-order chi connectivity index (χ1) is 8.96. The molecule has 2 nitrogen and oxygen atoms in total. The fourth-order valence-electron chi connectivity index (χ4n) is 1.86. The zero-order chi connectivity index (χ0) is 13.9. The van der Waals surface area contributed by atoms with E-state index in [0.29, 0.717) is 11.3 Å². The van der Waals surface area contributed by atoms with E-state index < -0.39 is 0 Å². The SMILES string of the molecule is CC(C)(C)NCC/C=C/c1cc2cccc(F)c2o1. The zero-order valence-electron chi connectivity index (χ0n) is 11.7. The predicted octanol–water partition coefficient (Wildman–Crippen LogP) is 4.36. The minimum atomic E-state index is -0.313. The molecule has 0 atom stereocenters. The maximum Gasteiger partial charge on any atom is 0.170 e. The average molecular weight is 261 g/mol. The van der Waals surface area contributed by atoms with Crippen molar-refractivity contribution >= 4 is 17.0 Å². The molecule has 102 valence electrons. The summed E-state index contributed by atoms with van der Waals surface area (Å²) >= 11 is 0. The molecule has 0 fully saturated rings. The van der Waals surface area contributed by atoms with E-state index in [1.165, 1.54) is 6.07 Å². The number of furan rings is 1. The highest BCUT2D eigenvalue weighted by atomic mass is 19.1. The van der Waals surface area contributed by atoms with E-state index in [1.807, 2.05) is 24.3 Å². The van der Waals surface area contributed by atoms with Crippen LogP contribution < -0.4 is 5.32 Å². The lowest BCUT2D eigenvalue weighted by molar-refractivity contribution is 0.431. The van der Waals surface area contributed by atoms with Gasteiger partial charge in [-0.1, -0.05) is 18.2 Å². The maximum absolute atomic E-state index is 13.4. The van der Waals surface area contributed by atoms with Crippen LogP contribution in [0.5, 0.6) is 0 Å². The highest BCUT2D eigenvalue weighted by molar-refractivity contribution is 5.80. The number of nitrogens with one attached hydrogen (secondary N) is 1. The second-order valence-electron chi connectivity index (χ2n) is 5.67. The molecular formula is C16H20FNO. The lowest BCUT2D eigenvalue weighted by atomic mass is 10.1. The predicted molar refractivity (Wildman–Crippen MR) is 77.6 cm³/mol. The Bertz CT molecular complexity index is 578. The average Bonchev–Trinajstić information content (AvgIpc) is 2.71. The molecule has 0 amide bonds. The minimum Gasteiger partial charge on any atom is -0.454 e. The number of para-hydroxylation sites is 1. The van der Waals surface area contributed by atoms with E-state index in [0.717, 1.165) is 18.4 Å². The topological polar surface area (TPSA) is 25.2 Å². The first-order valence-corrected chi connectivity index (χ1v) is 6.55.